The molecular weight excluding hydrogens is 384 g/mol. The van der Waals surface area contributed by atoms with Gasteiger partial charge in [0.15, 0.2) is 11.5 Å². The molecule has 0 aliphatic rings. The van der Waals surface area contributed by atoms with Crippen molar-refractivity contribution in [3.63, 3.8) is 0 Å². The minimum Gasteiger partial charge on any atom is -0.390 e. The molecule has 4 heterocycles. The molecule has 152 valence electrons. The van der Waals surface area contributed by atoms with E-state index < -0.39 is 6.10 Å². The number of aliphatic hydroxyl groups is 1. The molecule has 29 heavy (non-hydrogen) atoms. The van der Waals surface area contributed by atoms with Gasteiger partial charge in [-0.2, -0.15) is 5.10 Å². The van der Waals surface area contributed by atoms with Crippen molar-refractivity contribution in [1.29, 1.82) is 0 Å². The van der Waals surface area contributed by atoms with Gasteiger partial charge in [-0.3, -0.25) is 0 Å². The van der Waals surface area contributed by atoms with Crippen LogP contribution in [0.15, 0.2) is 41.9 Å². The van der Waals surface area contributed by atoms with E-state index >= 15 is 0 Å². The number of hydrogen-bond acceptors (Lipinski definition) is 6. The molecule has 0 amide bonds. The Labute approximate surface area is 174 Å². The van der Waals surface area contributed by atoms with Gasteiger partial charge in [0, 0.05) is 31.3 Å². The number of rotatable bonds is 8. The number of thiophene rings is 1. The highest BCUT2D eigenvalue weighted by Crippen LogP contribution is 2.24. The largest absolute Gasteiger partial charge is 0.390 e. The van der Waals surface area contributed by atoms with Crippen LogP contribution in [0.4, 0.5) is 0 Å². The molecule has 4 aromatic heterocycles. The summed E-state index contributed by atoms with van der Waals surface area (Å²) < 4.78 is 3.95. The lowest BCUT2D eigenvalue weighted by Gasteiger charge is -2.17. The van der Waals surface area contributed by atoms with Crippen LogP contribution in [-0.4, -0.2) is 60.9 Å². The van der Waals surface area contributed by atoms with E-state index in [4.69, 9.17) is 4.98 Å². The van der Waals surface area contributed by atoms with E-state index in [9.17, 15) is 5.11 Å². The van der Waals surface area contributed by atoms with Gasteiger partial charge in [-0.15, -0.1) is 11.3 Å². The third-order valence-corrected chi connectivity index (χ3v) is 5.67. The summed E-state index contributed by atoms with van der Waals surface area (Å²) in [7, 11) is 3.93. The van der Waals surface area contributed by atoms with Crippen LogP contribution < -0.4 is 0 Å². The van der Waals surface area contributed by atoms with Gasteiger partial charge in [-0.1, -0.05) is 12.1 Å². The Morgan fingerprint density at radius 2 is 2.00 bits per heavy atom. The van der Waals surface area contributed by atoms with E-state index in [1.165, 1.54) is 0 Å². The fourth-order valence-corrected chi connectivity index (χ4v) is 4.15. The summed E-state index contributed by atoms with van der Waals surface area (Å²) in [6.07, 6.45) is 3.01. The van der Waals surface area contributed by atoms with Crippen LogP contribution in [0.1, 0.15) is 17.3 Å². The van der Waals surface area contributed by atoms with Crippen LogP contribution >= 0.6 is 11.3 Å². The maximum Gasteiger partial charge on any atom is 0.155 e. The second-order valence-corrected chi connectivity index (χ2v) is 8.50. The van der Waals surface area contributed by atoms with E-state index in [0.29, 0.717) is 19.5 Å². The van der Waals surface area contributed by atoms with Gasteiger partial charge in [0.05, 0.1) is 23.2 Å². The van der Waals surface area contributed by atoms with Crippen molar-refractivity contribution in [2.24, 2.45) is 0 Å². The Bertz CT molecular complexity index is 1080. The number of aromatic nitrogens is 5. The zero-order valence-corrected chi connectivity index (χ0v) is 17.8. The molecule has 0 aliphatic carbocycles. The van der Waals surface area contributed by atoms with E-state index in [0.717, 1.165) is 40.0 Å². The molecule has 0 saturated heterocycles. The zero-order valence-electron chi connectivity index (χ0n) is 17.0. The van der Waals surface area contributed by atoms with Gasteiger partial charge < -0.3 is 14.6 Å². The maximum atomic E-state index is 10.4. The molecule has 0 aliphatic heterocycles. The summed E-state index contributed by atoms with van der Waals surface area (Å²) in [4.78, 5) is 12.6. The van der Waals surface area contributed by atoms with Gasteiger partial charge >= 0.3 is 0 Å². The molecule has 0 spiro atoms. The van der Waals surface area contributed by atoms with Crippen LogP contribution in [-0.2, 0) is 19.4 Å². The summed E-state index contributed by atoms with van der Waals surface area (Å²) in [5.74, 6) is 1.75. The van der Waals surface area contributed by atoms with Crippen molar-refractivity contribution in [2.45, 2.75) is 32.4 Å². The summed E-state index contributed by atoms with van der Waals surface area (Å²) >= 11 is 1.67. The Morgan fingerprint density at radius 1 is 1.14 bits per heavy atom. The number of hydrogen-bond donors (Lipinski definition) is 1. The van der Waals surface area contributed by atoms with E-state index in [-0.39, 0.29) is 0 Å². The monoisotopic (exact) mass is 410 g/mol. The van der Waals surface area contributed by atoms with Crippen molar-refractivity contribution in [2.75, 3.05) is 20.6 Å². The Kier molecular flexibility index (Phi) is 5.75. The Balaban J connectivity index is 1.56. The fraction of sp³-hybridized carbons (Fsp3) is 0.381. The summed E-state index contributed by atoms with van der Waals surface area (Å²) in [6.45, 7) is 3.15. The van der Waals surface area contributed by atoms with Crippen LogP contribution in [0.3, 0.4) is 0 Å². The average Bonchev–Trinajstić information content (AvgIpc) is 3.39. The molecule has 0 saturated carbocycles. The molecule has 0 radical (unpaired) electrons. The lowest BCUT2D eigenvalue weighted by atomic mass is 10.2. The summed E-state index contributed by atoms with van der Waals surface area (Å²) in [5.41, 5.74) is 2.88. The maximum absolute atomic E-state index is 10.4. The van der Waals surface area contributed by atoms with Gasteiger partial charge in [0.2, 0.25) is 0 Å². The lowest BCUT2D eigenvalue weighted by Crippen LogP contribution is -2.29. The molecule has 4 rings (SSSR count). The van der Waals surface area contributed by atoms with Crippen molar-refractivity contribution in [3.8, 4) is 10.6 Å². The highest BCUT2D eigenvalue weighted by molar-refractivity contribution is 7.13. The third kappa shape index (κ3) is 4.55. The molecule has 0 fully saturated rings. The second-order valence-electron chi connectivity index (χ2n) is 7.55. The molecule has 1 N–H and O–H groups in total. The number of nitrogens with zero attached hydrogens (tertiary/aromatic N) is 6. The molecule has 0 bridgehead atoms. The average molecular weight is 411 g/mol. The predicted molar refractivity (Wildman–Crippen MR) is 115 cm³/mol. The smallest absolute Gasteiger partial charge is 0.155 e. The molecule has 4 aromatic rings. The number of fused-ring (bicyclic) bond motifs is 1. The van der Waals surface area contributed by atoms with Gasteiger partial charge in [0.25, 0.3) is 0 Å². The topological polar surface area (TPSA) is 71.5 Å². The van der Waals surface area contributed by atoms with Crippen LogP contribution in [0.25, 0.3) is 16.2 Å². The SMILES string of the molecule is Cc1cccc2nc(CCc3nc(-c4cccs4)cn3C[C@@H](O)CN(C)C)nn12. The standard InChI is InChI=1S/C21H26N6OS/c1-15-6-4-8-21-23-19(24-27(15)21)9-10-20-22-17(18-7-5-11-29-18)14-26(20)13-16(28)12-25(2)3/h4-8,11,14,16,28H,9-10,12-13H2,1-3H3/t16-/m0/s1. The lowest BCUT2D eigenvalue weighted by molar-refractivity contribution is 0.118. The number of aliphatic hydroxyl groups excluding tert-OH is 1. The van der Waals surface area contributed by atoms with Crippen LogP contribution in [0.5, 0.6) is 0 Å². The first kappa shape index (κ1) is 19.8. The highest BCUT2D eigenvalue weighted by atomic mass is 32.1. The quantitative estimate of drug-likeness (QED) is 0.484. The second kappa shape index (κ2) is 8.44. The predicted octanol–water partition coefficient (Wildman–Crippen LogP) is 2.67. The van der Waals surface area contributed by atoms with Gasteiger partial charge in [-0.05, 0) is 44.6 Å². The number of pyridine rings is 1. The third-order valence-electron chi connectivity index (χ3n) is 4.78. The first-order valence-electron chi connectivity index (χ1n) is 9.73. The first-order chi connectivity index (χ1) is 14.0. The molecule has 1 atom stereocenters. The zero-order chi connectivity index (χ0) is 20.4. The van der Waals surface area contributed by atoms with Crippen LogP contribution in [0, 0.1) is 6.92 Å². The Hall–Kier alpha value is -2.55. The minimum absolute atomic E-state index is 0.454. The van der Waals surface area contributed by atoms with E-state index in [1.54, 1.807) is 11.3 Å². The molecule has 0 unspecified atom stereocenters. The van der Waals surface area contributed by atoms with Gasteiger partial charge in [0.1, 0.15) is 5.82 Å². The van der Waals surface area contributed by atoms with Gasteiger partial charge in [-0.25, -0.2) is 14.5 Å². The first-order valence-corrected chi connectivity index (χ1v) is 10.6. The minimum atomic E-state index is -0.454. The molecular formula is C21H26N6OS. The fourth-order valence-electron chi connectivity index (χ4n) is 3.47. The van der Waals surface area contributed by atoms with Crippen molar-refractivity contribution in [1.82, 2.24) is 29.0 Å². The van der Waals surface area contributed by atoms with E-state index in [1.807, 2.05) is 60.9 Å². The molecule has 0 aromatic carbocycles. The summed E-state index contributed by atoms with van der Waals surface area (Å²) in [6, 6.07) is 10.1. The number of aryl methyl sites for hydroxylation is 3. The number of likely N-dealkylation sites (N-methyl/N-ethyl adjacent to an activating group) is 1. The molecule has 7 nitrogen and oxygen atoms in total. The summed E-state index contributed by atoms with van der Waals surface area (Å²) in [5, 5.41) is 17.1. The molecule has 8 heteroatoms. The van der Waals surface area contributed by atoms with E-state index in [2.05, 4.69) is 26.1 Å². The Morgan fingerprint density at radius 3 is 2.72 bits per heavy atom. The highest BCUT2D eigenvalue weighted by Gasteiger charge is 2.15. The van der Waals surface area contributed by atoms with Crippen molar-refractivity contribution in [3.05, 3.63) is 59.3 Å². The normalized spacial score (nSPS) is 12.9. The number of imidazole rings is 1. The van der Waals surface area contributed by atoms with Crippen LogP contribution in [0.2, 0.25) is 0 Å². The van der Waals surface area contributed by atoms with Crippen molar-refractivity contribution < 1.29 is 5.11 Å². The van der Waals surface area contributed by atoms with Crippen molar-refractivity contribution >= 4 is 17.0 Å².